The Morgan fingerprint density at radius 1 is 1.24 bits per heavy atom. The van der Waals surface area contributed by atoms with Gasteiger partial charge in [0.2, 0.25) is 5.91 Å². The monoisotopic (exact) mass is 324 g/mol. The topological polar surface area (TPSA) is 55.1 Å². The lowest BCUT2D eigenvalue weighted by atomic mass is 9.94. The van der Waals surface area contributed by atoms with Crippen molar-refractivity contribution in [1.82, 2.24) is 5.32 Å². The van der Waals surface area contributed by atoms with E-state index in [2.05, 4.69) is 5.32 Å². The van der Waals surface area contributed by atoms with Crippen molar-refractivity contribution in [2.45, 2.75) is 39.0 Å². The van der Waals surface area contributed by atoms with E-state index < -0.39 is 23.8 Å². The third-order valence-corrected chi connectivity index (χ3v) is 2.95. The number of rotatable bonds is 4. The molecule has 0 radical (unpaired) electrons. The lowest BCUT2D eigenvalue weighted by Gasteiger charge is -2.24. The maximum atomic E-state index is 12.7. The summed E-state index contributed by atoms with van der Waals surface area (Å²) in [6, 6.07) is 3.77. The molecule has 3 N–H and O–H groups in total. The van der Waals surface area contributed by atoms with E-state index >= 15 is 0 Å². The molecule has 120 valence electrons. The van der Waals surface area contributed by atoms with Crippen LogP contribution in [-0.4, -0.2) is 11.9 Å². The molecule has 1 amide bonds. The van der Waals surface area contributed by atoms with E-state index in [1.165, 1.54) is 13.0 Å². The van der Waals surface area contributed by atoms with E-state index in [0.29, 0.717) is 5.56 Å². The molecule has 0 spiro atoms. The molecule has 7 heteroatoms. The van der Waals surface area contributed by atoms with Crippen molar-refractivity contribution in [1.29, 1.82) is 0 Å². The van der Waals surface area contributed by atoms with Crippen molar-refractivity contribution < 1.29 is 18.0 Å². The first kappa shape index (κ1) is 19.7. The Kier molecular flexibility index (Phi) is 7.19. The Morgan fingerprint density at radius 3 is 2.24 bits per heavy atom. The molecule has 1 aromatic rings. The summed E-state index contributed by atoms with van der Waals surface area (Å²) in [5.41, 5.74) is 5.16. The number of hydrogen-bond acceptors (Lipinski definition) is 2. The SMILES string of the molecule is CC(C)C(NC(=O)[C@@H](C)N)c1cccc(C(F)(F)F)c1.Cl. The molecule has 0 aromatic heterocycles. The minimum atomic E-state index is -4.40. The van der Waals surface area contributed by atoms with Crippen LogP contribution < -0.4 is 11.1 Å². The molecule has 0 saturated heterocycles. The van der Waals surface area contributed by atoms with Gasteiger partial charge in [-0.05, 0) is 30.5 Å². The van der Waals surface area contributed by atoms with Crippen LogP contribution in [0.4, 0.5) is 13.2 Å². The first-order valence-corrected chi connectivity index (χ1v) is 6.36. The van der Waals surface area contributed by atoms with Gasteiger partial charge >= 0.3 is 6.18 Å². The van der Waals surface area contributed by atoms with Gasteiger partial charge in [0.05, 0.1) is 17.6 Å². The third-order valence-electron chi connectivity index (χ3n) is 2.95. The molecule has 0 saturated carbocycles. The van der Waals surface area contributed by atoms with Gasteiger partial charge in [0.15, 0.2) is 0 Å². The molecular weight excluding hydrogens is 305 g/mol. The van der Waals surface area contributed by atoms with Crippen LogP contribution >= 0.6 is 12.4 Å². The fourth-order valence-electron chi connectivity index (χ4n) is 1.83. The van der Waals surface area contributed by atoms with Crippen LogP contribution in [0.25, 0.3) is 0 Å². The molecule has 1 rings (SSSR count). The minimum absolute atomic E-state index is 0. The van der Waals surface area contributed by atoms with Crippen molar-refractivity contribution in [2.24, 2.45) is 11.7 Å². The van der Waals surface area contributed by atoms with Gasteiger partial charge in [-0.25, -0.2) is 0 Å². The van der Waals surface area contributed by atoms with Crippen LogP contribution in [0.2, 0.25) is 0 Å². The van der Waals surface area contributed by atoms with Crippen molar-refractivity contribution >= 4 is 18.3 Å². The van der Waals surface area contributed by atoms with Crippen molar-refractivity contribution in [3.8, 4) is 0 Å². The molecule has 2 atom stereocenters. The number of amides is 1. The summed E-state index contributed by atoms with van der Waals surface area (Å²) in [6.45, 7) is 5.18. The average Bonchev–Trinajstić information content (AvgIpc) is 2.34. The average molecular weight is 325 g/mol. The molecule has 1 aromatic carbocycles. The Hall–Kier alpha value is -1.27. The standard InChI is InChI=1S/C14H19F3N2O.ClH/c1-8(2)12(19-13(20)9(3)18)10-5-4-6-11(7-10)14(15,16)17;/h4-9,12H,18H2,1-3H3,(H,19,20);1H/t9-,12?;/m1./s1. The summed E-state index contributed by atoms with van der Waals surface area (Å²) in [7, 11) is 0. The van der Waals surface area contributed by atoms with E-state index in [-0.39, 0.29) is 24.2 Å². The lowest BCUT2D eigenvalue weighted by Crippen LogP contribution is -2.41. The van der Waals surface area contributed by atoms with Gasteiger partial charge < -0.3 is 11.1 Å². The second-order valence-electron chi connectivity index (χ2n) is 5.14. The number of carbonyl (C=O) groups is 1. The zero-order chi connectivity index (χ0) is 15.5. The van der Waals surface area contributed by atoms with Crippen LogP contribution in [-0.2, 0) is 11.0 Å². The van der Waals surface area contributed by atoms with Crippen molar-refractivity contribution in [2.75, 3.05) is 0 Å². The Labute approximate surface area is 128 Å². The quantitative estimate of drug-likeness (QED) is 0.893. The van der Waals surface area contributed by atoms with Gasteiger partial charge in [-0.2, -0.15) is 13.2 Å². The highest BCUT2D eigenvalue weighted by molar-refractivity contribution is 5.85. The van der Waals surface area contributed by atoms with Crippen LogP contribution in [0.15, 0.2) is 24.3 Å². The molecule has 0 aliphatic carbocycles. The highest BCUT2D eigenvalue weighted by atomic mass is 35.5. The second kappa shape index (κ2) is 7.66. The van der Waals surface area contributed by atoms with E-state index in [4.69, 9.17) is 5.73 Å². The predicted octanol–water partition coefficient (Wildman–Crippen LogP) is 3.29. The fraction of sp³-hybridized carbons (Fsp3) is 0.500. The van der Waals surface area contributed by atoms with Crippen LogP contribution in [0, 0.1) is 5.92 Å². The molecule has 0 aliphatic rings. The summed E-state index contributed by atoms with van der Waals surface area (Å²) in [5.74, 6) is -0.442. The van der Waals surface area contributed by atoms with Crippen molar-refractivity contribution in [3.05, 3.63) is 35.4 Å². The first-order valence-electron chi connectivity index (χ1n) is 6.36. The Morgan fingerprint density at radius 2 is 1.81 bits per heavy atom. The number of carbonyl (C=O) groups excluding carboxylic acids is 1. The zero-order valence-electron chi connectivity index (χ0n) is 12.1. The lowest BCUT2D eigenvalue weighted by molar-refractivity contribution is -0.137. The number of hydrogen-bond donors (Lipinski definition) is 2. The molecule has 1 unspecified atom stereocenters. The number of nitrogens with one attached hydrogen (secondary N) is 1. The highest BCUT2D eigenvalue weighted by Crippen LogP contribution is 2.32. The highest BCUT2D eigenvalue weighted by Gasteiger charge is 2.31. The van der Waals surface area contributed by atoms with Gasteiger partial charge in [-0.3, -0.25) is 4.79 Å². The van der Waals surface area contributed by atoms with Gasteiger partial charge in [0, 0.05) is 0 Å². The molecule has 0 heterocycles. The smallest absolute Gasteiger partial charge is 0.348 e. The molecule has 21 heavy (non-hydrogen) atoms. The largest absolute Gasteiger partial charge is 0.416 e. The Balaban J connectivity index is 0.00000400. The fourth-order valence-corrected chi connectivity index (χ4v) is 1.83. The number of benzene rings is 1. The summed E-state index contributed by atoms with van der Waals surface area (Å²) < 4.78 is 38.1. The molecule has 0 bridgehead atoms. The second-order valence-corrected chi connectivity index (χ2v) is 5.14. The third kappa shape index (κ3) is 5.55. The van der Waals surface area contributed by atoms with E-state index in [1.54, 1.807) is 6.07 Å². The number of alkyl halides is 3. The van der Waals surface area contributed by atoms with Gasteiger partial charge in [0.25, 0.3) is 0 Å². The van der Waals surface area contributed by atoms with E-state index in [1.807, 2.05) is 13.8 Å². The van der Waals surface area contributed by atoms with Gasteiger partial charge in [-0.15, -0.1) is 12.4 Å². The first-order chi connectivity index (χ1) is 9.12. The molecule has 0 aliphatic heterocycles. The van der Waals surface area contributed by atoms with Gasteiger partial charge in [0.1, 0.15) is 0 Å². The van der Waals surface area contributed by atoms with Crippen molar-refractivity contribution in [3.63, 3.8) is 0 Å². The minimum Gasteiger partial charge on any atom is -0.348 e. The van der Waals surface area contributed by atoms with Crippen LogP contribution in [0.1, 0.15) is 37.9 Å². The predicted molar refractivity (Wildman–Crippen MR) is 78.1 cm³/mol. The van der Waals surface area contributed by atoms with E-state index in [9.17, 15) is 18.0 Å². The number of nitrogens with two attached hydrogens (primary N) is 1. The maximum Gasteiger partial charge on any atom is 0.416 e. The van der Waals surface area contributed by atoms with E-state index in [0.717, 1.165) is 12.1 Å². The summed E-state index contributed by atoms with van der Waals surface area (Å²) in [4.78, 5) is 11.7. The Bertz CT molecular complexity index is 476. The molecular formula is C14H20ClF3N2O. The zero-order valence-corrected chi connectivity index (χ0v) is 12.9. The number of halogens is 4. The van der Waals surface area contributed by atoms with Crippen LogP contribution in [0.3, 0.4) is 0 Å². The maximum absolute atomic E-state index is 12.7. The normalized spacial score (nSPS) is 14.3. The van der Waals surface area contributed by atoms with Gasteiger partial charge in [-0.1, -0.05) is 26.0 Å². The molecule has 3 nitrogen and oxygen atoms in total. The summed E-state index contributed by atoms with van der Waals surface area (Å²) >= 11 is 0. The summed E-state index contributed by atoms with van der Waals surface area (Å²) in [5, 5.41) is 2.68. The molecule has 0 fully saturated rings. The summed E-state index contributed by atoms with van der Waals surface area (Å²) in [6.07, 6.45) is -4.40. The van der Waals surface area contributed by atoms with Crippen LogP contribution in [0.5, 0.6) is 0 Å².